The number of benzene rings is 1. The molecule has 3 rings (SSSR count). The third kappa shape index (κ3) is 6.28. The van der Waals surface area contributed by atoms with Crippen molar-refractivity contribution in [2.45, 2.75) is 93.4 Å². The Bertz CT molecular complexity index is 1200. The number of ketones is 2. The summed E-state index contributed by atoms with van der Waals surface area (Å²) in [6, 6.07) is 7.40. The maximum absolute atomic E-state index is 13.2. The third-order valence-corrected chi connectivity index (χ3v) is 7.51. The van der Waals surface area contributed by atoms with E-state index in [2.05, 4.69) is 0 Å². The van der Waals surface area contributed by atoms with E-state index in [0.717, 1.165) is 12.8 Å². The van der Waals surface area contributed by atoms with E-state index in [9.17, 15) is 19.8 Å². The van der Waals surface area contributed by atoms with Crippen LogP contribution in [0.25, 0.3) is 0 Å². The highest BCUT2D eigenvalue weighted by atomic mass is 16.3. The van der Waals surface area contributed by atoms with Crippen LogP contribution in [-0.2, 0) is 9.59 Å². The molecule has 0 spiro atoms. The number of aliphatic imine (C=N–C) groups is 2. The number of rotatable bonds is 6. The number of nitrogens with zero attached hydrogens (tertiary/aromatic N) is 2. The fourth-order valence-electron chi connectivity index (χ4n) is 5.21. The maximum atomic E-state index is 13.2. The minimum absolute atomic E-state index is 0.0702. The van der Waals surface area contributed by atoms with E-state index in [1.54, 1.807) is 0 Å². The molecule has 2 aliphatic rings. The van der Waals surface area contributed by atoms with E-state index < -0.39 is 0 Å². The van der Waals surface area contributed by atoms with Crippen LogP contribution in [0.2, 0.25) is 0 Å². The van der Waals surface area contributed by atoms with Crippen molar-refractivity contribution in [3.05, 3.63) is 46.9 Å². The lowest BCUT2D eigenvalue weighted by Gasteiger charge is -2.38. The molecule has 0 aromatic heterocycles. The summed E-state index contributed by atoms with van der Waals surface area (Å²) in [4.78, 5) is 36.1. The van der Waals surface area contributed by atoms with Crippen LogP contribution in [0.5, 0.6) is 0 Å². The van der Waals surface area contributed by atoms with Crippen molar-refractivity contribution in [2.24, 2.45) is 26.7 Å². The molecule has 6 nitrogen and oxygen atoms in total. The van der Waals surface area contributed by atoms with Crippen molar-refractivity contribution in [1.29, 1.82) is 0 Å². The Labute approximate surface area is 221 Å². The lowest BCUT2D eigenvalue weighted by atomic mass is 9.66. The second-order valence-corrected chi connectivity index (χ2v) is 11.9. The van der Waals surface area contributed by atoms with Crippen molar-refractivity contribution in [3.8, 4) is 0 Å². The summed E-state index contributed by atoms with van der Waals surface area (Å²) in [5.41, 5.74) is 2.33. The minimum Gasteiger partial charge on any atom is -0.511 e. The molecule has 2 saturated carbocycles. The van der Waals surface area contributed by atoms with E-state index in [4.69, 9.17) is 9.98 Å². The number of aliphatic hydroxyl groups excluding tert-OH is 2. The van der Waals surface area contributed by atoms with Crippen LogP contribution in [-0.4, -0.2) is 33.2 Å². The monoisotopic (exact) mass is 506 g/mol. The molecule has 1 aromatic rings. The first-order valence-electron chi connectivity index (χ1n) is 13.5. The second kappa shape index (κ2) is 11.2. The number of hydrogen-bond acceptors (Lipinski definition) is 6. The highest BCUT2D eigenvalue weighted by Gasteiger charge is 2.42. The Balaban J connectivity index is 2.22. The average molecular weight is 507 g/mol. The molecule has 2 fully saturated rings. The fraction of sp³-hybridized carbons (Fsp3) is 0.548. The molecule has 200 valence electrons. The summed E-state index contributed by atoms with van der Waals surface area (Å²) in [5.74, 6) is -0.0713. The molecule has 0 bridgehead atoms. The molecule has 1 unspecified atom stereocenters. The predicted molar refractivity (Wildman–Crippen MR) is 150 cm³/mol. The number of para-hydroxylation sites is 2. The zero-order valence-electron chi connectivity index (χ0n) is 23.4. The van der Waals surface area contributed by atoms with E-state index in [-0.39, 0.29) is 39.8 Å². The van der Waals surface area contributed by atoms with Gasteiger partial charge in [-0.2, -0.15) is 0 Å². The zero-order valence-corrected chi connectivity index (χ0v) is 23.4. The van der Waals surface area contributed by atoms with Gasteiger partial charge in [0.15, 0.2) is 11.6 Å². The Morgan fingerprint density at radius 3 is 1.92 bits per heavy atom. The number of allylic oxidation sites excluding steroid dienone is 4. The molecular weight excluding hydrogens is 464 g/mol. The molecule has 1 atom stereocenters. The molecule has 0 aliphatic heterocycles. The van der Waals surface area contributed by atoms with Gasteiger partial charge in [-0.3, -0.25) is 14.6 Å². The van der Waals surface area contributed by atoms with Gasteiger partial charge in [0.25, 0.3) is 0 Å². The van der Waals surface area contributed by atoms with Gasteiger partial charge in [-0.1, -0.05) is 60.6 Å². The third-order valence-electron chi connectivity index (χ3n) is 7.51. The summed E-state index contributed by atoms with van der Waals surface area (Å²) >= 11 is 0. The summed E-state index contributed by atoms with van der Waals surface area (Å²) in [5, 5.41) is 21.6. The number of carbonyl (C=O) groups excluding carboxylic acids is 2. The zero-order chi connectivity index (χ0) is 27.5. The Morgan fingerprint density at radius 1 is 0.838 bits per heavy atom. The highest BCUT2D eigenvalue weighted by molar-refractivity contribution is 6.27. The number of Topliss-reactive ketones (excluding diaryl/α,β-unsaturated/α-hetero) is 2. The van der Waals surface area contributed by atoms with Gasteiger partial charge in [0, 0.05) is 31.6 Å². The van der Waals surface area contributed by atoms with Gasteiger partial charge in [-0.15, -0.1) is 0 Å². The number of carbonyl (C=O) groups is 2. The van der Waals surface area contributed by atoms with E-state index in [0.29, 0.717) is 66.0 Å². The first-order valence-corrected chi connectivity index (χ1v) is 13.5. The maximum Gasteiger partial charge on any atom is 0.168 e. The Hall–Kier alpha value is -3.02. The molecular formula is C31H42N2O4. The van der Waals surface area contributed by atoms with Gasteiger partial charge in [0.1, 0.15) is 11.5 Å². The quantitative estimate of drug-likeness (QED) is 0.301. The standard InChI is InChI=1S/C31H42N2O4/c1-8-12-23(34)27-22(16-30(4,5)17-25(27)36)32-20-14-10-11-15-21(20)33-29-19(3)31(6,7)18-26(37)28(29)24(35)13-9-2/h10-11,14-15,19,34-35H,8-9,12-13,16-18H2,1-7H3/b27-23+,28-24-,32-22?,33-29?. The number of hydrogen-bond donors (Lipinski definition) is 2. The molecule has 37 heavy (non-hydrogen) atoms. The Kier molecular flexibility index (Phi) is 8.61. The first kappa shape index (κ1) is 28.5. The normalized spacial score (nSPS) is 26.5. The first-order chi connectivity index (χ1) is 17.3. The van der Waals surface area contributed by atoms with E-state index >= 15 is 0 Å². The van der Waals surface area contributed by atoms with Crippen LogP contribution in [0.4, 0.5) is 11.4 Å². The molecule has 0 heterocycles. The topological polar surface area (TPSA) is 99.3 Å². The SMILES string of the molecule is CCC/C(O)=C1\C(=O)CC(C)(C)CC1=Nc1ccccc1N=C1/C(=C(\O)CCC)C(=O)CC(C)(C)C1C. The Morgan fingerprint density at radius 2 is 1.35 bits per heavy atom. The van der Waals surface area contributed by atoms with Crippen molar-refractivity contribution in [1.82, 2.24) is 0 Å². The minimum atomic E-state index is -0.311. The van der Waals surface area contributed by atoms with Crippen LogP contribution in [0.15, 0.2) is 56.9 Å². The summed E-state index contributed by atoms with van der Waals surface area (Å²) < 4.78 is 0. The number of aliphatic hydroxyl groups is 2. The molecule has 0 saturated heterocycles. The molecule has 0 amide bonds. The predicted octanol–water partition coefficient (Wildman–Crippen LogP) is 8.08. The van der Waals surface area contributed by atoms with Crippen LogP contribution >= 0.6 is 0 Å². The van der Waals surface area contributed by atoms with Gasteiger partial charge in [-0.05, 0) is 42.2 Å². The van der Waals surface area contributed by atoms with Gasteiger partial charge in [0.2, 0.25) is 0 Å². The molecule has 2 N–H and O–H groups in total. The van der Waals surface area contributed by atoms with Gasteiger partial charge in [-0.25, -0.2) is 4.99 Å². The van der Waals surface area contributed by atoms with Crippen molar-refractivity contribution < 1.29 is 19.8 Å². The van der Waals surface area contributed by atoms with E-state index in [1.165, 1.54) is 0 Å². The molecule has 0 radical (unpaired) electrons. The summed E-state index contributed by atoms with van der Waals surface area (Å²) in [6.07, 6.45) is 3.54. The van der Waals surface area contributed by atoms with Crippen molar-refractivity contribution in [3.63, 3.8) is 0 Å². The van der Waals surface area contributed by atoms with Crippen LogP contribution in [0, 0.1) is 16.7 Å². The second-order valence-electron chi connectivity index (χ2n) is 11.9. The molecule has 2 aliphatic carbocycles. The van der Waals surface area contributed by atoms with Gasteiger partial charge >= 0.3 is 0 Å². The van der Waals surface area contributed by atoms with Crippen LogP contribution in [0.3, 0.4) is 0 Å². The van der Waals surface area contributed by atoms with Gasteiger partial charge < -0.3 is 10.2 Å². The highest BCUT2D eigenvalue weighted by Crippen LogP contribution is 2.43. The smallest absolute Gasteiger partial charge is 0.168 e. The van der Waals surface area contributed by atoms with Crippen molar-refractivity contribution >= 4 is 34.4 Å². The summed E-state index contributed by atoms with van der Waals surface area (Å²) in [6.45, 7) is 14.1. The lowest BCUT2D eigenvalue weighted by molar-refractivity contribution is -0.118. The molecule has 1 aromatic carbocycles. The van der Waals surface area contributed by atoms with Crippen molar-refractivity contribution in [2.75, 3.05) is 0 Å². The van der Waals surface area contributed by atoms with Gasteiger partial charge in [0.05, 0.1) is 33.9 Å². The molecule has 6 heteroatoms. The van der Waals surface area contributed by atoms with E-state index in [1.807, 2.05) is 72.7 Å². The average Bonchev–Trinajstić information content (AvgIpc) is 2.77. The lowest BCUT2D eigenvalue weighted by Crippen LogP contribution is -2.40. The largest absolute Gasteiger partial charge is 0.511 e. The van der Waals surface area contributed by atoms with Crippen LogP contribution < -0.4 is 0 Å². The van der Waals surface area contributed by atoms with Crippen LogP contribution in [0.1, 0.15) is 93.4 Å². The summed E-state index contributed by atoms with van der Waals surface area (Å²) in [7, 11) is 0. The fourth-order valence-corrected chi connectivity index (χ4v) is 5.21.